The molecule has 0 spiro atoms. The van der Waals surface area contributed by atoms with Crippen LogP contribution in [0.25, 0.3) is 0 Å². The van der Waals surface area contributed by atoms with Gasteiger partial charge in [0.2, 0.25) is 0 Å². The molecule has 0 aliphatic carbocycles. The number of hydrogen-bond donors (Lipinski definition) is 3. The third kappa shape index (κ3) is 67.3. The standard InChI is InChI=1S/C75H146O17P2/c1-8-10-11-12-13-14-15-16-17-18-19-20-21-22-30-35-44-51-58-74(79)91-70(62-85-72(77)56-49-42-34-29-26-24-28-33-41-48-55-68(7)9-2)64-89-93(81,82)87-60-69(76)61-88-94(83,84)90-65-71(63-86-73(78)57-50-43-38-37-40-47-54-67(5)6)92-75(80)59-52-45-36-31-25-23-27-32-39-46-53-66(3)4/h66-71,76H,8-65H2,1-7H3,(H,81,82)(H,83,84)/t68?,69-,70-,71-/m1/s1. The van der Waals surface area contributed by atoms with Crippen molar-refractivity contribution < 1.29 is 80.2 Å². The Kier molecular flexibility index (Phi) is 64.3. The summed E-state index contributed by atoms with van der Waals surface area (Å²) in [4.78, 5) is 72.7. The highest BCUT2D eigenvalue weighted by atomic mass is 31.2. The van der Waals surface area contributed by atoms with Gasteiger partial charge in [-0.05, 0) is 43.4 Å². The summed E-state index contributed by atoms with van der Waals surface area (Å²) in [6.07, 6.45) is 51.4. The number of phosphoric acid groups is 2. The van der Waals surface area contributed by atoms with Crippen molar-refractivity contribution in [3.63, 3.8) is 0 Å². The summed E-state index contributed by atoms with van der Waals surface area (Å²) in [5.41, 5.74) is 0. The summed E-state index contributed by atoms with van der Waals surface area (Å²) in [7, 11) is -9.91. The summed E-state index contributed by atoms with van der Waals surface area (Å²) in [6.45, 7) is 11.8. The fourth-order valence-corrected chi connectivity index (χ4v) is 13.0. The van der Waals surface area contributed by atoms with Crippen molar-refractivity contribution in [1.82, 2.24) is 0 Å². The number of ether oxygens (including phenoxy) is 4. The van der Waals surface area contributed by atoms with Crippen LogP contribution in [0.2, 0.25) is 0 Å². The lowest BCUT2D eigenvalue weighted by atomic mass is 9.99. The molecule has 0 amide bonds. The van der Waals surface area contributed by atoms with Crippen molar-refractivity contribution in [2.75, 3.05) is 39.6 Å². The first-order valence-electron chi connectivity index (χ1n) is 38.9. The van der Waals surface area contributed by atoms with Crippen molar-refractivity contribution in [2.45, 2.75) is 401 Å². The van der Waals surface area contributed by atoms with Crippen LogP contribution >= 0.6 is 15.6 Å². The topological polar surface area (TPSA) is 237 Å². The number of aliphatic hydroxyl groups excluding tert-OH is 1. The molecule has 3 unspecified atom stereocenters. The second-order valence-electron chi connectivity index (χ2n) is 28.2. The number of aliphatic hydroxyl groups is 1. The van der Waals surface area contributed by atoms with E-state index in [9.17, 15) is 43.2 Å². The van der Waals surface area contributed by atoms with Gasteiger partial charge in [-0.15, -0.1) is 0 Å². The van der Waals surface area contributed by atoms with Crippen molar-refractivity contribution >= 4 is 39.5 Å². The molecule has 17 nitrogen and oxygen atoms in total. The van der Waals surface area contributed by atoms with Crippen LogP contribution in [0.15, 0.2) is 0 Å². The van der Waals surface area contributed by atoms with Crippen LogP contribution in [-0.2, 0) is 65.4 Å². The van der Waals surface area contributed by atoms with Crippen LogP contribution in [0.4, 0.5) is 0 Å². The molecule has 0 aliphatic heterocycles. The predicted molar refractivity (Wildman–Crippen MR) is 381 cm³/mol. The van der Waals surface area contributed by atoms with Gasteiger partial charge >= 0.3 is 39.5 Å². The van der Waals surface area contributed by atoms with Gasteiger partial charge < -0.3 is 33.8 Å². The first kappa shape index (κ1) is 92.1. The molecular weight excluding hydrogens is 1230 g/mol. The molecule has 0 aromatic heterocycles. The quantitative estimate of drug-likeness (QED) is 0.0222. The summed E-state index contributed by atoms with van der Waals surface area (Å²) in [5.74, 6) is 0.120. The van der Waals surface area contributed by atoms with Gasteiger partial charge in [-0.3, -0.25) is 37.3 Å². The molecule has 0 bridgehead atoms. The SMILES string of the molecule is CCCCCCCCCCCCCCCCCCCCC(=O)O[C@H](COC(=O)CCCCCCCCCCCCC(C)CC)COP(=O)(O)OC[C@@H](O)COP(=O)(O)OC[C@@H](COC(=O)CCCCCCCCC(C)C)OC(=O)CCCCCCCCCCCCC(C)C. The highest BCUT2D eigenvalue weighted by Crippen LogP contribution is 2.45. The maximum absolute atomic E-state index is 13.1. The lowest BCUT2D eigenvalue weighted by Crippen LogP contribution is -2.30. The Balaban J connectivity index is 5.24. The Morgan fingerprint density at radius 2 is 0.543 bits per heavy atom. The molecule has 0 rings (SSSR count). The third-order valence-corrected chi connectivity index (χ3v) is 19.6. The lowest BCUT2D eigenvalue weighted by Gasteiger charge is -2.21. The average Bonchev–Trinajstić information content (AvgIpc) is 1.47. The van der Waals surface area contributed by atoms with Crippen LogP contribution in [0, 0.1) is 17.8 Å². The number of carbonyl (C=O) groups excluding carboxylic acids is 4. The van der Waals surface area contributed by atoms with Crippen molar-refractivity contribution in [2.24, 2.45) is 17.8 Å². The number of rotatable bonds is 73. The smallest absolute Gasteiger partial charge is 0.462 e. The Bertz CT molecular complexity index is 1840. The first-order valence-corrected chi connectivity index (χ1v) is 41.9. The Morgan fingerprint density at radius 1 is 0.309 bits per heavy atom. The highest BCUT2D eigenvalue weighted by Gasteiger charge is 2.30. The molecule has 0 aromatic carbocycles. The van der Waals surface area contributed by atoms with Crippen molar-refractivity contribution in [3.05, 3.63) is 0 Å². The number of phosphoric ester groups is 2. The van der Waals surface area contributed by atoms with E-state index in [1.807, 2.05) is 0 Å². The normalized spacial score (nSPS) is 14.4. The fraction of sp³-hybridized carbons (Fsp3) is 0.947. The second-order valence-corrected chi connectivity index (χ2v) is 31.1. The van der Waals surface area contributed by atoms with Gasteiger partial charge in [-0.1, -0.05) is 331 Å². The van der Waals surface area contributed by atoms with Crippen LogP contribution in [0.1, 0.15) is 382 Å². The van der Waals surface area contributed by atoms with E-state index in [2.05, 4.69) is 48.5 Å². The van der Waals surface area contributed by atoms with Crippen molar-refractivity contribution in [3.8, 4) is 0 Å². The van der Waals surface area contributed by atoms with Crippen LogP contribution < -0.4 is 0 Å². The zero-order chi connectivity index (χ0) is 69.4. The van der Waals surface area contributed by atoms with Gasteiger partial charge in [0.25, 0.3) is 0 Å². The molecule has 0 radical (unpaired) electrons. The van der Waals surface area contributed by atoms with Crippen LogP contribution in [0.5, 0.6) is 0 Å². The second kappa shape index (κ2) is 65.7. The van der Waals surface area contributed by atoms with E-state index in [0.29, 0.717) is 31.6 Å². The Labute approximate surface area is 575 Å². The molecule has 6 atom stereocenters. The predicted octanol–water partition coefficient (Wildman–Crippen LogP) is 21.8. The van der Waals surface area contributed by atoms with Gasteiger partial charge in [-0.25, -0.2) is 9.13 Å². The van der Waals surface area contributed by atoms with Gasteiger partial charge in [0.05, 0.1) is 26.4 Å². The van der Waals surface area contributed by atoms with E-state index in [-0.39, 0.29) is 25.7 Å². The Hall–Kier alpha value is -1.94. The van der Waals surface area contributed by atoms with Crippen molar-refractivity contribution in [1.29, 1.82) is 0 Å². The summed E-state index contributed by atoms with van der Waals surface area (Å²) in [6, 6.07) is 0. The first-order chi connectivity index (χ1) is 45.3. The third-order valence-electron chi connectivity index (χ3n) is 17.7. The van der Waals surface area contributed by atoms with Crippen LogP contribution in [-0.4, -0.2) is 96.7 Å². The largest absolute Gasteiger partial charge is 0.472 e. The zero-order valence-electron chi connectivity index (χ0n) is 61.4. The van der Waals surface area contributed by atoms with E-state index in [0.717, 1.165) is 108 Å². The van der Waals surface area contributed by atoms with Gasteiger partial charge in [0.15, 0.2) is 12.2 Å². The molecule has 94 heavy (non-hydrogen) atoms. The summed E-state index contributed by atoms with van der Waals surface area (Å²) in [5, 5.41) is 10.6. The molecule has 3 N–H and O–H groups in total. The molecular formula is C75H146O17P2. The summed E-state index contributed by atoms with van der Waals surface area (Å²) >= 11 is 0. The van der Waals surface area contributed by atoms with Gasteiger partial charge in [0.1, 0.15) is 19.3 Å². The molecule has 0 aromatic rings. The lowest BCUT2D eigenvalue weighted by molar-refractivity contribution is -0.161. The maximum atomic E-state index is 13.1. The molecule has 19 heteroatoms. The molecule has 0 heterocycles. The minimum atomic E-state index is -4.96. The highest BCUT2D eigenvalue weighted by molar-refractivity contribution is 7.47. The number of carbonyl (C=O) groups is 4. The minimum absolute atomic E-state index is 0.105. The summed E-state index contributed by atoms with van der Waals surface area (Å²) < 4.78 is 68.5. The van der Waals surface area contributed by atoms with Crippen LogP contribution in [0.3, 0.4) is 0 Å². The zero-order valence-corrected chi connectivity index (χ0v) is 63.2. The van der Waals surface area contributed by atoms with E-state index in [1.165, 1.54) is 186 Å². The molecule has 0 fully saturated rings. The molecule has 558 valence electrons. The number of unbranched alkanes of at least 4 members (excludes halogenated alkanes) is 40. The van der Waals surface area contributed by atoms with E-state index < -0.39 is 97.5 Å². The van der Waals surface area contributed by atoms with Gasteiger partial charge in [0, 0.05) is 25.7 Å². The average molecular weight is 1380 g/mol. The molecule has 0 saturated carbocycles. The number of esters is 4. The Morgan fingerprint density at radius 3 is 0.809 bits per heavy atom. The monoisotopic (exact) mass is 1380 g/mol. The minimum Gasteiger partial charge on any atom is -0.462 e. The van der Waals surface area contributed by atoms with E-state index in [1.54, 1.807) is 0 Å². The molecule has 0 aliphatic rings. The maximum Gasteiger partial charge on any atom is 0.472 e. The number of hydrogen-bond acceptors (Lipinski definition) is 15. The molecule has 0 saturated heterocycles. The fourth-order valence-electron chi connectivity index (χ4n) is 11.4. The van der Waals surface area contributed by atoms with Gasteiger partial charge in [-0.2, -0.15) is 0 Å². The van der Waals surface area contributed by atoms with E-state index >= 15 is 0 Å². The van der Waals surface area contributed by atoms with E-state index in [4.69, 9.17) is 37.0 Å².